The van der Waals surface area contributed by atoms with Crippen molar-refractivity contribution in [2.24, 2.45) is 0 Å². The van der Waals surface area contributed by atoms with Gasteiger partial charge in [-0.15, -0.1) is 0 Å². The van der Waals surface area contributed by atoms with Gasteiger partial charge in [0.05, 0.1) is 0 Å². The molecule has 5 nitrogen and oxygen atoms in total. The van der Waals surface area contributed by atoms with Crippen LogP contribution in [0.3, 0.4) is 0 Å². The van der Waals surface area contributed by atoms with E-state index in [1.54, 1.807) is 13.0 Å². The second-order valence-corrected chi connectivity index (χ2v) is 5.97. The molecule has 0 aliphatic carbocycles. The number of rotatable bonds is 5. The van der Waals surface area contributed by atoms with Gasteiger partial charge in [0.25, 0.3) is 5.91 Å². The minimum absolute atomic E-state index is 0.229. The van der Waals surface area contributed by atoms with Gasteiger partial charge in [0.15, 0.2) is 0 Å². The third-order valence-electron chi connectivity index (χ3n) is 3.56. The van der Waals surface area contributed by atoms with Gasteiger partial charge < -0.3 is 10.6 Å². The van der Waals surface area contributed by atoms with Gasteiger partial charge in [-0.2, -0.15) is 0 Å². The number of aromatic nitrogens is 2. The molecule has 2 N–H and O–H groups in total. The number of aryl methyl sites for hydroxylation is 3. The first kappa shape index (κ1) is 16.9. The normalized spacial score (nSPS) is 11.9. The highest BCUT2D eigenvalue weighted by atomic mass is 16.1. The Hall–Kier alpha value is -2.43. The predicted molar refractivity (Wildman–Crippen MR) is 94.0 cm³/mol. The molecule has 0 fully saturated rings. The number of hydrogen-bond acceptors (Lipinski definition) is 4. The molecule has 0 spiro atoms. The maximum Gasteiger partial charge on any atom is 0.274 e. The van der Waals surface area contributed by atoms with E-state index in [1.165, 1.54) is 0 Å². The summed E-state index contributed by atoms with van der Waals surface area (Å²) < 4.78 is 0. The smallest absolute Gasteiger partial charge is 0.274 e. The molecule has 23 heavy (non-hydrogen) atoms. The second-order valence-electron chi connectivity index (χ2n) is 5.97. The summed E-state index contributed by atoms with van der Waals surface area (Å²) in [7, 11) is 0. The predicted octanol–water partition coefficient (Wildman–Crippen LogP) is 3.86. The van der Waals surface area contributed by atoms with Gasteiger partial charge in [-0.05, 0) is 57.4 Å². The van der Waals surface area contributed by atoms with Crippen molar-refractivity contribution in [1.82, 2.24) is 9.97 Å². The Morgan fingerprint density at radius 1 is 1.09 bits per heavy atom. The van der Waals surface area contributed by atoms with Gasteiger partial charge in [-0.3, -0.25) is 4.79 Å². The molecule has 0 saturated heterocycles. The van der Waals surface area contributed by atoms with Crippen molar-refractivity contribution in [3.8, 4) is 0 Å². The molecule has 0 aliphatic rings. The van der Waals surface area contributed by atoms with E-state index in [4.69, 9.17) is 0 Å². The third-order valence-corrected chi connectivity index (χ3v) is 3.56. The maximum atomic E-state index is 12.5. The minimum Gasteiger partial charge on any atom is -0.368 e. The van der Waals surface area contributed by atoms with Gasteiger partial charge >= 0.3 is 0 Å². The van der Waals surface area contributed by atoms with Crippen LogP contribution in [0.5, 0.6) is 0 Å². The van der Waals surface area contributed by atoms with E-state index in [2.05, 4.69) is 40.5 Å². The summed E-state index contributed by atoms with van der Waals surface area (Å²) in [5.74, 6) is 1.02. The molecule has 1 aromatic heterocycles. The average Bonchev–Trinajstić information content (AvgIpc) is 2.45. The highest BCUT2D eigenvalue weighted by molar-refractivity contribution is 6.03. The van der Waals surface area contributed by atoms with E-state index < -0.39 is 0 Å². The average molecular weight is 312 g/mol. The van der Waals surface area contributed by atoms with E-state index in [1.807, 2.05) is 26.0 Å². The van der Waals surface area contributed by atoms with Crippen LogP contribution in [0.25, 0.3) is 0 Å². The van der Waals surface area contributed by atoms with Crippen LogP contribution in [-0.2, 0) is 0 Å². The second kappa shape index (κ2) is 7.22. The first-order chi connectivity index (χ1) is 10.9. The molecule has 1 atom stereocenters. The van der Waals surface area contributed by atoms with Crippen molar-refractivity contribution < 1.29 is 4.79 Å². The molecule has 5 heteroatoms. The van der Waals surface area contributed by atoms with E-state index in [-0.39, 0.29) is 5.91 Å². The molecule has 1 unspecified atom stereocenters. The first-order valence-corrected chi connectivity index (χ1v) is 7.89. The monoisotopic (exact) mass is 312 g/mol. The number of nitrogens with zero attached hydrogens (tertiary/aromatic N) is 2. The Morgan fingerprint density at radius 3 is 2.35 bits per heavy atom. The topological polar surface area (TPSA) is 66.9 Å². The summed E-state index contributed by atoms with van der Waals surface area (Å²) in [6.45, 7) is 9.97. The zero-order valence-electron chi connectivity index (χ0n) is 14.4. The van der Waals surface area contributed by atoms with E-state index in [0.717, 1.165) is 23.2 Å². The number of amides is 1. The fourth-order valence-corrected chi connectivity index (χ4v) is 2.35. The van der Waals surface area contributed by atoms with Crippen LogP contribution in [0.2, 0.25) is 0 Å². The van der Waals surface area contributed by atoms with Gasteiger partial charge in [-0.1, -0.05) is 13.0 Å². The number of carbonyl (C=O) groups excluding carboxylic acids is 1. The van der Waals surface area contributed by atoms with Crippen LogP contribution in [0, 0.1) is 20.8 Å². The highest BCUT2D eigenvalue weighted by Crippen LogP contribution is 2.16. The van der Waals surface area contributed by atoms with Gasteiger partial charge in [-0.25, -0.2) is 9.97 Å². The number of benzene rings is 1. The Balaban J connectivity index is 2.21. The number of carbonyl (C=O) groups is 1. The Morgan fingerprint density at radius 2 is 1.74 bits per heavy atom. The summed E-state index contributed by atoms with van der Waals surface area (Å²) in [6, 6.07) is 7.93. The van der Waals surface area contributed by atoms with Gasteiger partial charge in [0, 0.05) is 17.8 Å². The minimum atomic E-state index is -0.229. The van der Waals surface area contributed by atoms with E-state index in [9.17, 15) is 4.79 Å². The molecular formula is C18H24N4O. The largest absolute Gasteiger partial charge is 0.368 e. The molecule has 0 saturated carbocycles. The molecule has 122 valence electrons. The van der Waals surface area contributed by atoms with Crippen LogP contribution >= 0.6 is 0 Å². The molecule has 2 rings (SSSR count). The van der Waals surface area contributed by atoms with Crippen LogP contribution in [0.4, 0.5) is 11.5 Å². The molecule has 0 aliphatic heterocycles. The summed E-state index contributed by atoms with van der Waals surface area (Å²) in [4.78, 5) is 21.0. The quantitative estimate of drug-likeness (QED) is 0.879. The highest BCUT2D eigenvalue weighted by Gasteiger charge is 2.12. The Bertz CT molecular complexity index is 692. The fraction of sp³-hybridized carbons (Fsp3) is 0.389. The first-order valence-electron chi connectivity index (χ1n) is 7.89. The third kappa shape index (κ3) is 4.77. The van der Waals surface area contributed by atoms with Crippen LogP contribution in [0.1, 0.15) is 47.7 Å². The van der Waals surface area contributed by atoms with Crippen LogP contribution < -0.4 is 10.6 Å². The maximum absolute atomic E-state index is 12.5. The Labute approximate surface area is 137 Å². The number of anilines is 2. The van der Waals surface area contributed by atoms with Crippen molar-refractivity contribution >= 4 is 17.4 Å². The summed E-state index contributed by atoms with van der Waals surface area (Å²) in [5.41, 5.74) is 3.36. The standard InChI is InChI=1S/C18H24N4O/c1-6-13(4)19-17-10-16(20-14(5)21-17)18(23)22-15-8-11(2)7-12(3)9-15/h7-10,13H,6H2,1-5H3,(H,22,23)(H,19,20,21). The zero-order valence-corrected chi connectivity index (χ0v) is 14.4. The van der Waals surface area contributed by atoms with Crippen molar-refractivity contribution in [3.05, 3.63) is 46.9 Å². The zero-order chi connectivity index (χ0) is 17.0. The van der Waals surface area contributed by atoms with Gasteiger partial charge in [0.1, 0.15) is 17.3 Å². The molecule has 2 aromatic rings. The van der Waals surface area contributed by atoms with Crippen molar-refractivity contribution in [2.45, 2.75) is 47.1 Å². The van der Waals surface area contributed by atoms with Crippen molar-refractivity contribution in [1.29, 1.82) is 0 Å². The SMILES string of the molecule is CCC(C)Nc1cc(C(=O)Nc2cc(C)cc(C)c2)nc(C)n1. The lowest BCUT2D eigenvalue weighted by Crippen LogP contribution is -2.18. The summed E-state index contributed by atoms with van der Waals surface area (Å²) >= 11 is 0. The molecular weight excluding hydrogens is 288 g/mol. The van der Waals surface area contributed by atoms with Crippen LogP contribution in [-0.4, -0.2) is 21.9 Å². The van der Waals surface area contributed by atoms with Gasteiger partial charge in [0.2, 0.25) is 0 Å². The summed E-state index contributed by atoms with van der Waals surface area (Å²) in [5, 5.41) is 6.18. The lowest BCUT2D eigenvalue weighted by atomic mass is 10.1. The molecule has 1 heterocycles. The van der Waals surface area contributed by atoms with Crippen molar-refractivity contribution in [3.63, 3.8) is 0 Å². The Kier molecular flexibility index (Phi) is 5.32. The van der Waals surface area contributed by atoms with Crippen LogP contribution in [0.15, 0.2) is 24.3 Å². The molecule has 0 bridgehead atoms. The lowest BCUT2D eigenvalue weighted by Gasteiger charge is -2.13. The summed E-state index contributed by atoms with van der Waals surface area (Å²) in [6.07, 6.45) is 0.979. The van der Waals surface area contributed by atoms with E-state index in [0.29, 0.717) is 23.4 Å². The molecule has 0 radical (unpaired) electrons. The molecule has 1 amide bonds. The number of hydrogen-bond donors (Lipinski definition) is 2. The lowest BCUT2D eigenvalue weighted by molar-refractivity contribution is 0.102. The fourth-order valence-electron chi connectivity index (χ4n) is 2.35. The van der Waals surface area contributed by atoms with Crippen molar-refractivity contribution in [2.75, 3.05) is 10.6 Å². The van der Waals surface area contributed by atoms with E-state index >= 15 is 0 Å². The number of nitrogens with one attached hydrogen (secondary N) is 2. The molecule has 1 aromatic carbocycles.